The number of nitrogens with two attached hydrogens (primary N) is 1. The number of carbonyl (C=O) groups is 1. The zero-order chi connectivity index (χ0) is 13.7. The average Bonchev–Trinajstić information content (AvgIpc) is 2.39. The van der Waals surface area contributed by atoms with Crippen molar-refractivity contribution >= 4 is 11.7 Å². The van der Waals surface area contributed by atoms with E-state index >= 15 is 0 Å². The summed E-state index contributed by atoms with van der Waals surface area (Å²) < 4.78 is 12.9. The monoisotopic (exact) mass is 260 g/mol. The lowest BCUT2D eigenvalue weighted by Crippen LogP contribution is -2.27. The highest BCUT2D eigenvalue weighted by Gasteiger charge is 2.10. The first kappa shape index (κ1) is 12.9. The van der Waals surface area contributed by atoms with Crippen LogP contribution in [0.25, 0.3) is 0 Å². The molecule has 19 heavy (non-hydrogen) atoms. The number of halogens is 1. The summed E-state index contributed by atoms with van der Waals surface area (Å²) >= 11 is 0. The summed E-state index contributed by atoms with van der Waals surface area (Å²) in [6.07, 6.45) is 3.35. The molecule has 0 saturated heterocycles. The van der Waals surface area contributed by atoms with Crippen molar-refractivity contribution in [2.45, 2.75) is 6.42 Å². The molecule has 6 heteroatoms. The van der Waals surface area contributed by atoms with E-state index in [2.05, 4.69) is 15.3 Å². The van der Waals surface area contributed by atoms with E-state index in [1.807, 2.05) is 0 Å². The number of hydrogen-bond donors (Lipinski definition) is 2. The molecule has 2 aromatic rings. The maximum absolute atomic E-state index is 12.9. The topological polar surface area (TPSA) is 80.9 Å². The van der Waals surface area contributed by atoms with Gasteiger partial charge in [0.1, 0.15) is 5.82 Å². The number of anilines is 1. The molecule has 1 heterocycles. The molecule has 0 atom stereocenters. The molecule has 2 rings (SSSR count). The fourth-order valence-electron chi connectivity index (χ4n) is 1.62. The molecule has 0 bridgehead atoms. The highest BCUT2D eigenvalue weighted by atomic mass is 19.1. The van der Waals surface area contributed by atoms with Gasteiger partial charge in [-0.15, -0.1) is 0 Å². The fourth-order valence-corrected chi connectivity index (χ4v) is 1.62. The van der Waals surface area contributed by atoms with E-state index in [9.17, 15) is 9.18 Å². The van der Waals surface area contributed by atoms with Gasteiger partial charge in [-0.05, 0) is 24.1 Å². The summed E-state index contributed by atoms with van der Waals surface area (Å²) in [6.45, 7) is 0.373. The van der Waals surface area contributed by atoms with Crippen molar-refractivity contribution in [2.24, 2.45) is 0 Å². The molecule has 1 amide bonds. The van der Waals surface area contributed by atoms with E-state index in [1.54, 1.807) is 12.1 Å². The number of benzene rings is 1. The van der Waals surface area contributed by atoms with Crippen LogP contribution in [0.2, 0.25) is 0 Å². The van der Waals surface area contributed by atoms with Crippen molar-refractivity contribution in [2.75, 3.05) is 12.3 Å². The Morgan fingerprint density at radius 1 is 1.32 bits per heavy atom. The summed E-state index contributed by atoms with van der Waals surface area (Å²) in [5, 5.41) is 2.66. The first-order chi connectivity index (χ1) is 9.16. The number of aromatic nitrogens is 2. The van der Waals surface area contributed by atoms with Crippen LogP contribution in [0.5, 0.6) is 0 Å². The normalized spacial score (nSPS) is 10.2. The molecule has 0 saturated carbocycles. The van der Waals surface area contributed by atoms with Gasteiger partial charge in [-0.1, -0.05) is 12.1 Å². The Bertz CT molecular complexity index is 588. The average molecular weight is 260 g/mol. The lowest BCUT2D eigenvalue weighted by Gasteiger charge is -2.06. The van der Waals surface area contributed by atoms with E-state index in [-0.39, 0.29) is 23.2 Å². The predicted molar refractivity (Wildman–Crippen MR) is 68.9 cm³/mol. The van der Waals surface area contributed by atoms with Crippen molar-refractivity contribution in [3.63, 3.8) is 0 Å². The molecule has 5 nitrogen and oxygen atoms in total. The number of amides is 1. The lowest BCUT2D eigenvalue weighted by molar-refractivity contribution is 0.0950. The standard InChI is InChI=1S/C13H13FN4O/c14-10-3-1-2-9(8-10)4-5-18-13(19)11-12(15)17-7-6-16-11/h1-3,6-8H,4-5H2,(H2,15,17)(H,18,19). The van der Waals surface area contributed by atoms with Gasteiger partial charge >= 0.3 is 0 Å². The minimum Gasteiger partial charge on any atom is -0.382 e. The second-order valence-corrected chi connectivity index (χ2v) is 3.93. The van der Waals surface area contributed by atoms with Crippen LogP contribution in [-0.4, -0.2) is 22.4 Å². The third-order valence-electron chi connectivity index (χ3n) is 2.53. The molecule has 1 aromatic carbocycles. The second kappa shape index (κ2) is 5.90. The van der Waals surface area contributed by atoms with Crippen molar-refractivity contribution in [3.05, 3.63) is 53.7 Å². The number of carbonyl (C=O) groups excluding carboxylic acids is 1. The molecule has 1 aromatic heterocycles. The maximum Gasteiger partial charge on any atom is 0.273 e. The summed E-state index contributed by atoms with van der Waals surface area (Å²) in [6, 6.07) is 6.24. The molecule has 0 radical (unpaired) electrons. The van der Waals surface area contributed by atoms with Gasteiger partial charge in [0, 0.05) is 18.9 Å². The summed E-state index contributed by atoms with van der Waals surface area (Å²) in [4.78, 5) is 19.4. The van der Waals surface area contributed by atoms with E-state index in [0.29, 0.717) is 13.0 Å². The molecule has 0 spiro atoms. The van der Waals surface area contributed by atoms with Crippen LogP contribution in [0.4, 0.5) is 10.2 Å². The molecule has 0 aliphatic rings. The maximum atomic E-state index is 12.9. The first-order valence-corrected chi connectivity index (χ1v) is 5.76. The van der Waals surface area contributed by atoms with Gasteiger partial charge in [0.25, 0.3) is 5.91 Å². The Morgan fingerprint density at radius 3 is 2.84 bits per heavy atom. The molecular weight excluding hydrogens is 247 g/mol. The molecule has 0 aliphatic heterocycles. The predicted octanol–water partition coefficient (Wildman–Crippen LogP) is 1.17. The Hall–Kier alpha value is -2.50. The third kappa shape index (κ3) is 3.48. The Kier molecular flexibility index (Phi) is 4.02. The SMILES string of the molecule is Nc1nccnc1C(=O)NCCc1cccc(F)c1. The molecule has 0 aliphatic carbocycles. The quantitative estimate of drug-likeness (QED) is 0.864. The van der Waals surface area contributed by atoms with Gasteiger partial charge in [-0.3, -0.25) is 4.79 Å². The summed E-state index contributed by atoms with van der Waals surface area (Å²) in [7, 11) is 0. The van der Waals surface area contributed by atoms with Crippen molar-refractivity contribution in [3.8, 4) is 0 Å². The van der Waals surface area contributed by atoms with Crippen molar-refractivity contribution < 1.29 is 9.18 Å². The Balaban J connectivity index is 1.90. The van der Waals surface area contributed by atoms with E-state index in [4.69, 9.17) is 5.73 Å². The van der Waals surface area contributed by atoms with E-state index in [1.165, 1.54) is 24.5 Å². The Morgan fingerprint density at radius 2 is 2.11 bits per heavy atom. The molecule has 3 N–H and O–H groups in total. The van der Waals surface area contributed by atoms with Crippen LogP contribution < -0.4 is 11.1 Å². The van der Waals surface area contributed by atoms with Crippen LogP contribution in [0.1, 0.15) is 16.1 Å². The highest BCUT2D eigenvalue weighted by molar-refractivity contribution is 5.96. The van der Waals surface area contributed by atoms with Crippen LogP contribution in [0.3, 0.4) is 0 Å². The van der Waals surface area contributed by atoms with Gasteiger partial charge in [-0.2, -0.15) is 0 Å². The number of rotatable bonds is 4. The van der Waals surface area contributed by atoms with Crippen LogP contribution >= 0.6 is 0 Å². The zero-order valence-corrected chi connectivity index (χ0v) is 10.1. The molecule has 98 valence electrons. The van der Waals surface area contributed by atoms with Gasteiger partial charge in [-0.25, -0.2) is 14.4 Å². The van der Waals surface area contributed by atoms with E-state index in [0.717, 1.165) is 5.56 Å². The summed E-state index contributed by atoms with van der Waals surface area (Å²) in [5.41, 5.74) is 6.45. The van der Waals surface area contributed by atoms with Crippen LogP contribution in [-0.2, 0) is 6.42 Å². The van der Waals surface area contributed by atoms with E-state index < -0.39 is 0 Å². The zero-order valence-electron chi connectivity index (χ0n) is 10.1. The summed E-state index contributed by atoms with van der Waals surface area (Å²) in [5.74, 6) is -0.588. The fraction of sp³-hybridized carbons (Fsp3) is 0.154. The first-order valence-electron chi connectivity index (χ1n) is 5.76. The third-order valence-corrected chi connectivity index (χ3v) is 2.53. The molecular formula is C13H13FN4O. The largest absolute Gasteiger partial charge is 0.382 e. The smallest absolute Gasteiger partial charge is 0.273 e. The van der Waals surface area contributed by atoms with Crippen molar-refractivity contribution in [1.82, 2.24) is 15.3 Å². The molecule has 0 fully saturated rings. The minimum absolute atomic E-state index is 0.0887. The number of hydrogen-bond acceptors (Lipinski definition) is 4. The van der Waals surface area contributed by atoms with Crippen LogP contribution in [0.15, 0.2) is 36.7 Å². The van der Waals surface area contributed by atoms with Crippen LogP contribution in [0, 0.1) is 5.82 Å². The molecule has 0 unspecified atom stereocenters. The van der Waals surface area contributed by atoms with Gasteiger partial charge < -0.3 is 11.1 Å². The second-order valence-electron chi connectivity index (χ2n) is 3.93. The minimum atomic E-state index is -0.387. The number of nitrogen functional groups attached to an aromatic ring is 1. The Labute approximate surface area is 109 Å². The number of nitrogens with zero attached hydrogens (tertiary/aromatic N) is 2. The lowest BCUT2D eigenvalue weighted by atomic mass is 10.1. The van der Waals surface area contributed by atoms with Crippen molar-refractivity contribution in [1.29, 1.82) is 0 Å². The highest BCUT2D eigenvalue weighted by Crippen LogP contribution is 2.05. The number of nitrogens with one attached hydrogen (secondary N) is 1. The van der Waals surface area contributed by atoms with Gasteiger partial charge in [0.15, 0.2) is 11.5 Å². The van der Waals surface area contributed by atoms with Gasteiger partial charge in [0.2, 0.25) is 0 Å². The van der Waals surface area contributed by atoms with Gasteiger partial charge in [0.05, 0.1) is 0 Å².